The maximum atomic E-state index is 11.7. The average Bonchev–Trinajstić information content (AvgIpc) is 2.48. The van der Waals surface area contributed by atoms with Crippen LogP contribution in [-0.2, 0) is 4.79 Å². The van der Waals surface area contributed by atoms with E-state index < -0.39 is 6.10 Å². The van der Waals surface area contributed by atoms with E-state index in [0.29, 0.717) is 17.0 Å². The van der Waals surface area contributed by atoms with E-state index in [0.717, 1.165) is 16.7 Å². The summed E-state index contributed by atoms with van der Waals surface area (Å²) in [5, 5.41) is 11.8. The summed E-state index contributed by atoms with van der Waals surface area (Å²) < 4.78 is 5.54. The molecule has 1 aliphatic heterocycles. The van der Waals surface area contributed by atoms with Crippen molar-refractivity contribution in [1.29, 1.82) is 5.26 Å². The number of nitriles is 1. The van der Waals surface area contributed by atoms with Gasteiger partial charge in [0, 0.05) is 0 Å². The smallest absolute Gasteiger partial charge is 0.265 e. The van der Waals surface area contributed by atoms with E-state index in [4.69, 9.17) is 10.00 Å². The van der Waals surface area contributed by atoms with Crippen LogP contribution in [-0.4, -0.2) is 12.0 Å². The number of ether oxygens (including phenoxy) is 1. The summed E-state index contributed by atoms with van der Waals surface area (Å²) >= 11 is 0. The van der Waals surface area contributed by atoms with Gasteiger partial charge in [0.25, 0.3) is 5.91 Å². The van der Waals surface area contributed by atoms with Gasteiger partial charge in [-0.2, -0.15) is 5.26 Å². The van der Waals surface area contributed by atoms with E-state index in [-0.39, 0.29) is 5.91 Å². The summed E-state index contributed by atoms with van der Waals surface area (Å²) in [6, 6.07) is 13.5. The van der Waals surface area contributed by atoms with Crippen LogP contribution in [0.1, 0.15) is 18.1 Å². The molecule has 3 rings (SSSR count). The van der Waals surface area contributed by atoms with E-state index in [1.54, 1.807) is 13.0 Å². The Labute approximate surface area is 123 Å². The number of anilines is 1. The van der Waals surface area contributed by atoms with Crippen molar-refractivity contribution in [1.82, 2.24) is 0 Å². The number of carbonyl (C=O) groups excluding carboxylic acids is 1. The van der Waals surface area contributed by atoms with Gasteiger partial charge in [-0.3, -0.25) is 4.79 Å². The van der Waals surface area contributed by atoms with Crippen molar-refractivity contribution in [2.45, 2.75) is 20.0 Å². The van der Waals surface area contributed by atoms with Crippen LogP contribution < -0.4 is 10.1 Å². The number of nitrogens with zero attached hydrogens (tertiary/aromatic N) is 1. The van der Waals surface area contributed by atoms with Gasteiger partial charge in [-0.25, -0.2) is 0 Å². The maximum Gasteiger partial charge on any atom is 0.265 e. The maximum absolute atomic E-state index is 11.7. The third-order valence-corrected chi connectivity index (χ3v) is 3.59. The van der Waals surface area contributed by atoms with Crippen molar-refractivity contribution in [3.8, 4) is 22.9 Å². The Morgan fingerprint density at radius 3 is 2.62 bits per heavy atom. The molecule has 0 aromatic heterocycles. The molecule has 2 aromatic rings. The first-order valence-electron chi connectivity index (χ1n) is 6.71. The molecule has 0 radical (unpaired) electrons. The molecule has 1 N–H and O–H groups in total. The molecule has 0 saturated heterocycles. The summed E-state index contributed by atoms with van der Waals surface area (Å²) in [7, 11) is 0. The summed E-state index contributed by atoms with van der Waals surface area (Å²) in [6.45, 7) is 3.63. The highest BCUT2D eigenvalue weighted by atomic mass is 16.5. The highest BCUT2D eigenvalue weighted by Crippen LogP contribution is 2.34. The lowest BCUT2D eigenvalue weighted by molar-refractivity contribution is -0.122. The minimum atomic E-state index is -0.472. The molecule has 21 heavy (non-hydrogen) atoms. The largest absolute Gasteiger partial charge is 0.479 e. The molecule has 0 bridgehead atoms. The molecule has 0 saturated carbocycles. The first-order valence-corrected chi connectivity index (χ1v) is 6.71. The van der Waals surface area contributed by atoms with Crippen LogP contribution >= 0.6 is 0 Å². The second kappa shape index (κ2) is 4.95. The topological polar surface area (TPSA) is 62.1 Å². The SMILES string of the molecule is Cc1cc(-c2ccc3c(c2)NC(=O)C(C)O3)ccc1C#N. The summed E-state index contributed by atoms with van der Waals surface area (Å²) in [4.78, 5) is 11.7. The normalized spacial score (nSPS) is 16.4. The van der Waals surface area contributed by atoms with Crippen LogP contribution in [0.15, 0.2) is 36.4 Å². The van der Waals surface area contributed by atoms with Crippen LogP contribution in [0.5, 0.6) is 5.75 Å². The van der Waals surface area contributed by atoms with E-state index in [1.807, 2.05) is 37.3 Å². The Morgan fingerprint density at radius 1 is 1.19 bits per heavy atom. The molecule has 4 heteroatoms. The number of rotatable bonds is 1. The van der Waals surface area contributed by atoms with E-state index in [2.05, 4.69) is 11.4 Å². The molecule has 104 valence electrons. The van der Waals surface area contributed by atoms with Crippen LogP contribution in [0.25, 0.3) is 11.1 Å². The summed E-state index contributed by atoms with van der Waals surface area (Å²) in [5.74, 6) is 0.534. The second-order valence-electron chi connectivity index (χ2n) is 5.10. The van der Waals surface area contributed by atoms with Crippen molar-refractivity contribution >= 4 is 11.6 Å². The number of nitrogens with one attached hydrogen (secondary N) is 1. The second-order valence-corrected chi connectivity index (χ2v) is 5.10. The number of benzene rings is 2. The molecule has 1 unspecified atom stereocenters. The van der Waals surface area contributed by atoms with Crippen LogP contribution in [0.3, 0.4) is 0 Å². The van der Waals surface area contributed by atoms with Gasteiger partial charge in [-0.15, -0.1) is 0 Å². The zero-order valence-corrected chi connectivity index (χ0v) is 11.8. The Hall–Kier alpha value is -2.80. The fourth-order valence-corrected chi connectivity index (χ4v) is 2.36. The quantitative estimate of drug-likeness (QED) is 0.871. The minimum Gasteiger partial charge on any atom is -0.479 e. The molecule has 1 heterocycles. The van der Waals surface area contributed by atoms with Gasteiger partial charge in [-0.05, 0) is 48.7 Å². The number of hydrogen-bond donors (Lipinski definition) is 1. The molecule has 4 nitrogen and oxygen atoms in total. The number of aryl methyl sites for hydroxylation is 1. The number of amides is 1. The van der Waals surface area contributed by atoms with Crippen molar-refractivity contribution in [2.75, 3.05) is 5.32 Å². The van der Waals surface area contributed by atoms with Crippen molar-refractivity contribution in [3.05, 3.63) is 47.5 Å². The average molecular weight is 278 g/mol. The number of hydrogen-bond acceptors (Lipinski definition) is 3. The monoisotopic (exact) mass is 278 g/mol. The first kappa shape index (κ1) is 13.2. The van der Waals surface area contributed by atoms with Gasteiger partial charge in [0.05, 0.1) is 17.3 Å². The van der Waals surface area contributed by atoms with Gasteiger partial charge in [0.2, 0.25) is 0 Å². The first-order chi connectivity index (χ1) is 10.1. The highest BCUT2D eigenvalue weighted by molar-refractivity contribution is 5.98. The van der Waals surface area contributed by atoms with Crippen LogP contribution in [0.2, 0.25) is 0 Å². The van der Waals surface area contributed by atoms with E-state index >= 15 is 0 Å². The van der Waals surface area contributed by atoms with Gasteiger partial charge in [0.1, 0.15) is 5.75 Å². The van der Waals surface area contributed by atoms with Gasteiger partial charge in [0.15, 0.2) is 6.10 Å². The number of carbonyl (C=O) groups is 1. The molecule has 0 spiro atoms. The van der Waals surface area contributed by atoms with Gasteiger partial charge in [-0.1, -0.05) is 18.2 Å². The zero-order chi connectivity index (χ0) is 15.0. The van der Waals surface area contributed by atoms with Crippen molar-refractivity contribution < 1.29 is 9.53 Å². The Bertz CT molecular complexity index is 775. The lowest BCUT2D eigenvalue weighted by Crippen LogP contribution is -2.34. The van der Waals surface area contributed by atoms with Crippen molar-refractivity contribution in [3.63, 3.8) is 0 Å². The molecule has 1 amide bonds. The standard InChI is InChI=1S/C17H14N2O2/c1-10-7-12(3-4-14(10)9-18)13-5-6-16-15(8-13)19-17(20)11(2)21-16/h3-8,11H,1-2H3,(H,19,20). The molecule has 1 atom stereocenters. The third kappa shape index (κ3) is 2.34. The highest BCUT2D eigenvalue weighted by Gasteiger charge is 2.23. The molecule has 1 aliphatic rings. The lowest BCUT2D eigenvalue weighted by Gasteiger charge is -2.23. The zero-order valence-electron chi connectivity index (χ0n) is 11.8. The predicted molar refractivity (Wildman–Crippen MR) is 80.0 cm³/mol. The molecule has 0 aliphatic carbocycles. The molecule has 0 fully saturated rings. The Balaban J connectivity index is 2.01. The minimum absolute atomic E-state index is 0.143. The predicted octanol–water partition coefficient (Wildman–Crippen LogP) is 3.25. The lowest BCUT2D eigenvalue weighted by atomic mass is 9.99. The van der Waals surface area contributed by atoms with Crippen molar-refractivity contribution in [2.24, 2.45) is 0 Å². The fourth-order valence-electron chi connectivity index (χ4n) is 2.36. The fraction of sp³-hybridized carbons (Fsp3) is 0.176. The van der Waals surface area contributed by atoms with Gasteiger partial charge >= 0.3 is 0 Å². The number of fused-ring (bicyclic) bond motifs is 1. The Morgan fingerprint density at radius 2 is 1.90 bits per heavy atom. The van der Waals surface area contributed by atoms with Crippen LogP contribution in [0, 0.1) is 18.3 Å². The van der Waals surface area contributed by atoms with Gasteiger partial charge < -0.3 is 10.1 Å². The molecular formula is C17H14N2O2. The molecular weight excluding hydrogens is 264 g/mol. The summed E-state index contributed by atoms with van der Waals surface area (Å²) in [6.07, 6.45) is -0.472. The molecule has 2 aromatic carbocycles. The van der Waals surface area contributed by atoms with Crippen LogP contribution in [0.4, 0.5) is 5.69 Å². The Kier molecular flexibility index (Phi) is 3.11. The van der Waals surface area contributed by atoms with E-state index in [1.165, 1.54) is 0 Å². The summed E-state index contributed by atoms with van der Waals surface area (Å²) in [5.41, 5.74) is 4.25. The van der Waals surface area contributed by atoms with E-state index in [9.17, 15) is 4.79 Å². The third-order valence-electron chi connectivity index (χ3n) is 3.59.